The summed E-state index contributed by atoms with van der Waals surface area (Å²) in [5.74, 6) is -1.10. The Labute approximate surface area is 181 Å². The van der Waals surface area contributed by atoms with Gasteiger partial charge in [0.2, 0.25) is 0 Å². The number of aromatic amines is 1. The Kier molecular flexibility index (Phi) is 11.7. The van der Waals surface area contributed by atoms with E-state index in [9.17, 15) is 24.4 Å². The van der Waals surface area contributed by atoms with Gasteiger partial charge in [0.05, 0.1) is 0 Å². The van der Waals surface area contributed by atoms with Crippen molar-refractivity contribution >= 4 is 24.6 Å². The second-order valence-corrected chi connectivity index (χ2v) is 6.02. The van der Waals surface area contributed by atoms with Crippen molar-refractivity contribution in [3.8, 4) is 0 Å². The number of carbonyl (C=O) groups is 2. The summed E-state index contributed by atoms with van der Waals surface area (Å²) in [4.78, 5) is 49.3. The van der Waals surface area contributed by atoms with Gasteiger partial charge < -0.3 is 26.3 Å². The summed E-state index contributed by atoms with van der Waals surface area (Å²) in [6.07, 6.45) is 2.57. The fourth-order valence-corrected chi connectivity index (χ4v) is 2.36. The molecule has 0 aliphatic carbocycles. The molecule has 0 radical (unpaired) electrons. The average molecular weight is 467 g/mol. The number of aromatic nitrogens is 2. The number of thiol groups is 1. The molecule has 0 aliphatic rings. The first-order valence-corrected chi connectivity index (χ1v) is 8.39. The number of pyridine rings is 2. The largest absolute Gasteiger partial charge is 0.425 e. The van der Waals surface area contributed by atoms with Crippen molar-refractivity contribution in [2.45, 2.75) is 0 Å². The average Bonchev–Trinajstić information content (AvgIpc) is 2.64. The van der Waals surface area contributed by atoms with Gasteiger partial charge in [0.25, 0.3) is 22.9 Å². The minimum atomic E-state index is -0.809. The molecule has 0 aromatic carbocycles. The Morgan fingerprint density at radius 3 is 2.21 bits per heavy atom. The van der Waals surface area contributed by atoms with Crippen LogP contribution in [0.2, 0.25) is 0 Å². The van der Waals surface area contributed by atoms with Crippen LogP contribution in [0, 0.1) is 0 Å². The van der Waals surface area contributed by atoms with Gasteiger partial charge in [0.15, 0.2) is 0 Å². The molecule has 160 valence electrons. The van der Waals surface area contributed by atoms with Crippen LogP contribution in [0.1, 0.15) is 20.7 Å². The summed E-state index contributed by atoms with van der Waals surface area (Å²) >= 11 is 4.22. The van der Waals surface area contributed by atoms with Crippen molar-refractivity contribution in [3.63, 3.8) is 0 Å². The van der Waals surface area contributed by atoms with Crippen molar-refractivity contribution in [1.29, 1.82) is 0 Å². The van der Waals surface area contributed by atoms with Crippen LogP contribution in [0.5, 0.6) is 0 Å². The van der Waals surface area contributed by atoms with Crippen LogP contribution in [0.25, 0.3) is 0 Å². The molecule has 13 heteroatoms. The van der Waals surface area contributed by atoms with Crippen LogP contribution >= 0.6 is 12.8 Å². The van der Waals surface area contributed by atoms with Crippen molar-refractivity contribution in [3.05, 3.63) is 68.5 Å². The van der Waals surface area contributed by atoms with Crippen molar-refractivity contribution in [2.75, 3.05) is 26.2 Å². The van der Waals surface area contributed by atoms with Crippen molar-refractivity contribution in [1.82, 2.24) is 24.7 Å². The molecule has 0 spiro atoms. The van der Waals surface area contributed by atoms with E-state index < -0.39 is 22.9 Å². The third kappa shape index (κ3) is 7.75. The van der Waals surface area contributed by atoms with Gasteiger partial charge in [-0.25, -0.2) is 4.31 Å². The van der Waals surface area contributed by atoms with Gasteiger partial charge in [-0.15, -0.1) is 0 Å². The standard InChI is InChI=1S/C16H19N5O5S.Fe.H2O/c22-13-11(3-1-5-17-13)14(23)18-6-9-20(27)10-7-19-15(24)12-4-2-8-21(26)16(12)25;;/h1-5,8,26-27H,6-7,9-10H2,(H,17,22)(H,18,23)(H,19,24);;1H2. The Balaban J connectivity index is 0.00000392. The number of rotatable bonds is 8. The molecule has 2 heterocycles. The molecule has 29 heavy (non-hydrogen) atoms. The quantitative estimate of drug-likeness (QED) is 0.175. The summed E-state index contributed by atoms with van der Waals surface area (Å²) in [5, 5.41) is 14.4. The second-order valence-electron chi connectivity index (χ2n) is 5.45. The van der Waals surface area contributed by atoms with E-state index in [1.165, 1.54) is 24.4 Å². The van der Waals surface area contributed by atoms with Crippen LogP contribution in [0.3, 0.4) is 0 Å². The SMILES string of the molecule is O.O=C(NCCN(S)CCNC(=O)c1cccn(O)c1=O)c1ccc[nH]c1=O.[Fe]. The Bertz CT molecular complexity index is 934. The number of nitrogens with zero attached hydrogens (tertiary/aromatic N) is 2. The maximum absolute atomic E-state index is 11.9. The third-order valence-corrected chi connectivity index (χ3v) is 3.95. The first-order valence-electron chi connectivity index (χ1n) is 7.99. The summed E-state index contributed by atoms with van der Waals surface area (Å²) in [5.41, 5.74) is -1.43. The van der Waals surface area contributed by atoms with Gasteiger partial charge in [0, 0.05) is 55.6 Å². The molecule has 0 saturated heterocycles. The Morgan fingerprint density at radius 1 is 1.07 bits per heavy atom. The molecule has 0 bridgehead atoms. The zero-order valence-corrected chi connectivity index (χ0v) is 17.1. The van der Waals surface area contributed by atoms with E-state index in [4.69, 9.17) is 0 Å². The van der Waals surface area contributed by atoms with Crippen LogP contribution < -0.4 is 21.8 Å². The van der Waals surface area contributed by atoms with Crippen molar-refractivity contribution < 1.29 is 37.3 Å². The Morgan fingerprint density at radius 2 is 1.62 bits per heavy atom. The van der Waals surface area contributed by atoms with E-state index in [1.54, 1.807) is 10.4 Å². The third-order valence-electron chi connectivity index (χ3n) is 3.55. The minimum absolute atomic E-state index is 0. The first-order chi connectivity index (χ1) is 12.9. The van der Waals surface area contributed by atoms with Gasteiger partial charge >= 0.3 is 0 Å². The van der Waals surface area contributed by atoms with Crippen molar-refractivity contribution in [2.24, 2.45) is 0 Å². The topological polar surface area (TPSA) is 168 Å². The number of amides is 2. The molecule has 2 aromatic heterocycles. The second kappa shape index (κ2) is 12.8. The normalized spacial score (nSPS) is 9.86. The molecular weight excluding hydrogens is 446 g/mol. The van der Waals surface area contributed by atoms with E-state index in [2.05, 4.69) is 28.4 Å². The summed E-state index contributed by atoms with van der Waals surface area (Å²) < 4.78 is 1.89. The zero-order valence-electron chi connectivity index (χ0n) is 15.1. The van der Waals surface area contributed by atoms with E-state index >= 15 is 0 Å². The molecule has 0 fully saturated rings. The van der Waals surface area contributed by atoms with Gasteiger partial charge in [-0.3, -0.25) is 19.2 Å². The molecule has 0 saturated carbocycles. The van der Waals surface area contributed by atoms with Crippen LogP contribution in [0.15, 0.2) is 46.2 Å². The smallest absolute Gasteiger partial charge is 0.295 e. The van der Waals surface area contributed by atoms with Gasteiger partial charge in [-0.2, -0.15) is 4.73 Å². The van der Waals surface area contributed by atoms with Gasteiger partial charge in [0.1, 0.15) is 11.1 Å². The fourth-order valence-electron chi connectivity index (χ4n) is 2.16. The van der Waals surface area contributed by atoms with E-state index in [1.807, 2.05) is 0 Å². The minimum Gasteiger partial charge on any atom is -0.425 e. The van der Waals surface area contributed by atoms with Gasteiger partial charge in [-0.1, -0.05) is 12.8 Å². The zero-order chi connectivity index (χ0) is 19.8. The molecule has 2 aromatic rings. The number of hydrogen-bond acceptors (Lipinski definition) is 7. The molecule has 0 aliphatic heterocycles. The maximum Gasteiger partial charge on any atom is 0.295 e. The predicted molar refractivity (Wildman–Crippen MR) is 104 cm³/mol. The predicted octanol–water partition coefficient (Wildman–Crippen LogP) is -1.75. The van der Waals surface area contributed by atoms with Crippen LogP contribution in [-0.4, -0.2) is 62.7 Å². The number of nitrogens with one attached hydrogen (secondary N) is 3. The van der Waals surface area contributed by atoms with E-state index in [0.29, 0.717) is 17.8 Å². The summed E-state index contributed by atoms with van der Waals surface area (Å²) in [7, 11) is 0. The molecular formula is C16H21FeN5O6S. The van der Waals surface area contributed by atoms with E-state index in [0.717, 1.165) is 6.20 Å². The first kappa shape index (κ1) is 26.4. The number of hydrogen-bond donors (Lipinski definition) is 5. The van der Waals surface area contributed by atoms with Crippen LogP contribution in [0.4, 0.5) is 0 Å². The van der Waals surface area contributed by atoms with Gasteiger partial charge in [-0.05, 0) is 24.3 Å². The molecule has 0 unspecified atom stereocenters. The van der Waals surface area contributed by atoms with Crippen LogP contribution in [-0.2, 0) is 17.1 Å². The molecule has 2 amide bonds. The van der Waals surface area contributed by atoms with E-state index in [-0.39, 0.29) is 46.8 Å². The summed E-state index contributed by atoms with van der Waals surface area (Å²) in [6.45, 7) is 1.16. The fraction of sp³-hybridized carbons (Fsp3) is 0.250. The molecule has 11 nitrogen and oxygen atoms in total. The summed E-state index contributed by atoms with van der Waals surface area (Å²) in [6, 6.07) is 5.67. The number of H-pyrrole nitrogens is 1. The molecule has 6 N–H and O–H groups in total. The maximum atomic E-state index is 11.9. The molecule has 0 atom stereocenters. The molecule has 2 rings (SSSR count). The number of carbonyl (C=O) groups excluding carboxylic acids is 2. The Hall–Kier alpha value is -2.57. The monoisotopic (exact) mass is 467 g/mol.